The predicted molar refractivity (Wildman–Crippen MR) is 61.6 cm³/mol. The number of alkyl halides is 3. The Morgan fingerprint density at radius 2 is 2.17 bits per heavy atom. The van der Waals surface area contributed by atoms with Crippen LogP contribution in [0.1, 0.15) is 12.5 Å². The summed E-state index contributed by atoms with van der Waals surface area (Å²) in [6.45, 7) is 1.86. The number of nitrogens with zero attached hydrogens (tertiary/aromatic N) is 1. The minimum absolute atomic E-state index is 0.0304. The minimum atomic E-state index is -4.49. The van der Waals surface area contributed by atoms with E-state index in [1.807, 2.05) is 0 Å². The van der Waals surface area contributed by atoms with Crippen molar-refractivity contribution in [2.75, 3.05) is 12.4 Å². The van der Waals surface area contributed by atoms with Gasteiger partial charge >= 0.3 is 12.1 Å². The van der Waals surface area contributed by atoms with E-state index in [9.17, 15) is 18.0 Å². The van der Waals surface area contributed by atoms with Gasteiger partial charge in [-0.1, -0.05) is 23.4 Å². The number of pyridine rings is 1. The smallest absolute Gasteiger partial charge is 0.416 e. The van der Waals surface area contributed by atoms with Crippen molar-refractivity contribution in [1.29, 1.82) is 0 Å². The number of rotatable bonds is 4. The molecule has 0 fully saturated rings. The van der Waals surface area contributed by atoms with Crippen LogP contribution < -0.4 is 0 Å². The van der Waals surface area contributed by atoms with E-state index in [1.54, 1.807) is 6.92 Å². The van der Waals surface area contributed by atoms with E-state index < -0.39 is 17.7 Å². The highest BCUT2D eigenvalue weighted by Crippen LogP contribution is 2.32. The zero-order chi connectivity index (χ0) is 13.8. The molecule has 18 heavy (non-hydrogen) atoms. The molecule has 0 saturated carbocycles. The fraction of sp³-hybridized carbons (Fsp3) is 0.400. The Balaban J connectivity index is 2.78. The second-order valence-corrected chi connectivity index (χ2v) is 4.49. The van der Waals surface area contributed by atoms with Crippen molar-refractivity contribution in [2.45, 2.75) is 18.1 Å². The van der Waals surface area contributed by atoms with Crippen molar-refractivity contribution < 1.29 is 22.7 Å². The van der Waals surface area contributed by atoms with Crippen molar-refractivity contribution in [3.05, 3.63) is 22.8 Å². The SMILES string of the molecule is CCOC(=O)CSc1cc(C(F)(F)F)cc(Cl)n1. The first-order valence-corrected chi connectivity index (χ1v) is 6.22. The third-order valence-corrected chi connectivity index (χ3v) is 2.82. The number of carbonyl (C=O) groups is 1. The van der Waals surface area contributed by atoms with E-state index in [0.717, 1.165) is 23.9 Å². The molecule has 1 aromatic rings. The quantitative estimate of drug-likeness (QED) is 0.485. The molecule has 0 bridgehead atoms. The van der Waals surface area contributed by atoms with E-state index >= 15 is 0 Å². The van der Waals surface area contributed by atoms with Gasteiger partial charge in [0.15, 0.2) is 0 Å². The summed E-state index contributed by atoms with van der Waals surface area (Å²) in [5, 5.41) is -0.237. The van der Waals surface area contributed by atoms with Gasteiger partial charge in [0.05, 0.1) is 22.9 Å². The second kappa shape index (κ2) is 6.29. The van der Waals surface area contributed by atoms with Crippen molar-refractivity contribution in [2.24, 2.45) is 0 Å². The number of ether oxygens (including phenoxy) is 1. The van der Waals surface area contributed by atoms with Gasteiger partial charge < -0.3 is 4.74 Å². The van der Waals surface area contributed by atoms with Crippen LogP contribution >= 0.6 is 23.4 Å². The van der Waals surface area contributed by atoms with E-state index in [2.05, 4.69) is 9.72 Å². The summed E-state index contributed by atoms with van der Waals surface area (Å²) in [5.41, 5.74) is -0.895. The number of aromatic nitrogens is 1. The van der Waals surface area contributed by atoms with Crippen LogP contribution in [0.2, 0.25) is 5.15 Å². The summed E-state index contributed by atoms with van der Waals surface area (Å²) in [6.07, 6.45) is -4.49. The van der Waals surface area contributed by atoms with Gasteiger partial charge in [0.1, 0.15) is 5.15 Å². The van der Waals surface area contributed by atoms with E-state index in [-0.39, 0.29) is 22.5 Å². The fourth-order valence-corrected chi connectivity index (χ4v) is 2.03. The average Bonchev–Trinajstić information content (AvgIpc) is 2.25. The zero-order valence-corrected chi connectivity index (χ0v) is 10.8. The normalized spacial score (nSPS) is 11.4. The maximum absolute atomic E-state index is 12.5. The minimum Gasteiger partial charge on any atom is -0.465 e. The molecule has 0 amide bonds. The molecule has 0 saturated heterocycles. The third-order valence-electron chi connectivity index (χ3n) is 1.74. The topological polar surface area (TPSA) is 39.2 Å². The third kappa shape index (κ3) is 4.73. The molecule has 0 N–H and O–H groups in total. The van der Waals surface area contributed by atoms with Crippen LogP contribution in [0, 0.1) is 0 Å². The monoisotopic (exact) mass is 299 g/mol. The lowest BCUT2D eigenvalue weighted by atomic mass is 10.3. The van der Waals surface area contributed by atoms with E-state index in [0.29, 0.717) is 0 Å². The largest absolute Gasteiger partial charge is 0.465 e. The standard InChI is InChI=1S/C10H9ClF3NO2S/c1-2-17-9(16)5-18-8-4-6(10(12,13)14)3-7(11)15-8/h3-4H,2,5H2,1H3. The number of hydrogen-bond acceptors (Lipinski definition) is 4. The highest BCUT2D eigenvalue weighted by Gasteiger charge is 2.31. The summed E-state index contributed by atoms with van der Waals surface area (Å²) < 4.78 is 42.1. The van der Waals surface area contributed by atoms with Crippen LogP contribution in [0.5, 0.6) is 0 Å². The van der Waals surface area contributed by atoms with Crippen LogP contribution in [-0.4, -0.2) is 23.3 Å². The fourth-order valence-electron chi connectivity index (χ4n) is 1.05. The lowest BCUT2D eigenvalue weighted by Gasteiger charge is -2.08. The maximum atomic E-state index is 12.5. The van der Waals surface area contributed by atoms with Gasteiger partial charge in [0.25, 0.3) is 0 Å². The summed E-state index contributed by atoms with van der Waals surface area (Å²) in [6, 6.07) is 1.58. The Morgan fingerprint density at radius 3 is 2.72 bits per heavy atom. The van der Waals surface area contributed by atoms with Crippen molar-refractivity contribution in [3.63, 3.8) is 0 Å². The average molecular weight is 300 g/mol. The Labute approximate surface area is 111 Å². The van der Waals surface area contributed by atoms with E-state index in [1.165, 1.54) is 0 Å². The molecule has 8 heteroatoms. The molecule has 0 unspecified atom stereocenters. The van der Waals surface area contributed by atoms with Gasteiger partial charge in [0, 0.05) is 0 Å². The number of halogens is 4. The Morgan fingerprint density at radius 1 is 1.50 bits per heavy atom. The molecular weight excluding hydrogens is 291 g/mol. The van der Waals surface area contributed by atoms with Crippen LogP contribution in [0.3, 0.4) is 0 Å². The molecular formula is C10H9ClF3NO2S. The first kappa shape index (κ1) is 15.1. The molecule has 0 aliphatic carbocycles. The summed E-state index contributed by atoms with van der Waals surface area (Å²) in [5.74, 6) is -0.629. The Hall–Kier alpha value is -0.950. The molecule has 0 aliphatic heterocycles. The van der Waals surface area contributed by atoms with Crippen LogP contribution in [0.4, 0.5) is 13.2 Å². The van der Waals surface area contributed by atoms with Crippen molar-refractivity contribution >= 4 is 29.3 Å². The van der Waals surface area contributed by atoms with Crippen molar-refractivity contribution in [3.8, 4) is 0 Å². The first-order chi connectivity index (χ1) is 8.32. The Kier molecular flexibility index (Phi) is 5.28. The second-order valence-electron chi connectivity index (χ2n) is 3.11. The molecule has 0 spiro atoms. The lowest BCUT2D eigenvalue weighted by molar-refractivity contribution is -0.140. The van der Waals surface area contributed by atoms with Gasteiger partial charge in [0.2, 0.25) is 0 Å². The van der Waals surface area contributed by atoms with Crippen molar-refractivity contribution in [1.82, 2.24) is 4.98 Å². The highest BCUT2D eigenvalue weighted by atomic mass is 35.5. The number of carbonyl (C=O) groups excluding carboxylic acids is 1. The molecule has 1 rings (SSSR count). The van der Waals surface area contributed by atoms with Crippen LogP contribution in [-0.2, 0) is 15.7 Å². The summed E-state index contributed by atoms with van der Waals surface area (Å²) in [7, 11) is 0. The lowest BCUT2D eigenvalue weighted by Crippen LogP contribution is -2.08. The Bertz CT molecular complexity index is 440. The molecule has 0 aromatic carbocycles. The maximum Gasteiger partial charge on any atom is 0.416 e. The molecule has 0 atom stereocenters. The molecule has 100 valence electrons. The van der Waals surface area contributed by atoms with Gasteiger partial charge in [-0.3, -0.25) is 4.79 Å². The number of thioether (sulfide) groups is 1. The first-order valence-electron chi connectivity index (χ1n) is 4.86. The molecule has 3 nitrogen and oxygen atoms in total. The van der Waals surface area contributed by atoms with E-state index in [4.69, 9.17) is 11.6 Å². The molecule has 1 aromatic heterocycles. The number of esters is 1. The molecule has 0 radical (unpaired) electrons. The van der Waals surface area contributed by atoms with Gasteiger partial charge in [-0.25, -0.2) is 4.98 Å². The van der Waals surface area contributed by atoms with Gasteiger partial charge in [-0.05, 0) is 19.1 Å². The number of hydrogen-bond donors (Lipinski definition) is 0. The van der Waals surface area contributed by atoms with Crippen LogP contribution in [0.25, 0.3) is 0 Å². The van der Waals surface area contributed by atoms with Gasteiger partial charge in [-0.15, -0.1) is 0 Å². The highest BCUT2D eigenvalue weighted by molar-refractivity contribution is 7.99. The summed E-state index contributed by atoms with van der Waals surface area (Å²) in [4.78, 5) is 14.8. The zero-order valence-electron chi connectivity index (χ0n) is 9.25. The summed E-state index contributed by atoms with van der Waals surface area (Å²) >= 11 is 6.33. The van der Waals surface area contributed by atoms with Crippen LogP contribution in [0.15, 0.2) is 17.2 Å². The molecule has 0 aliphatic rings. The van der Waals surface area contributed by atoms with Gasteiger partial charge in [-0.2, -0.15) is 13.2 Å². The predicted octanol–water partition coefficient (Wildman–Crippen LogP) is 3.41. The molecule has 1 heterocycles.